The highest BCUT2D eigenvalue weighted by Crippen LogP contribution is 2.41. The number of pyridine rings is 2. The Kier molecular flexibility index (Phi) is 7.06. The molecule has 2 aromatic heterocycles. The van der Waals surface area contributed by atoms with Crippen molar-refractivity contribution in [3.05, 3.63) is 95.9 Å². The van der Waals surface area contributed by atoms with Crippen LogP contribution in [0.15, 0.2) is 84.0 Å². The maximum atomic E-state index is 13.5. The summed E-state index contributed by atoms with van der Waals surface area (Å²) in [6, 6.07) is 16.6. The number of hydrogen-bond acceptors (Lipinski definition) is 7. The van der Waals surface area contributed by atoms with Crippen molar-refractivity contribution >= 4 is 26.6 Å². The number of rotatable bonds is 6. The number of nitrogens with zero attached hydrogens (tertiary/aromatic N) is 3. The number of anilines is 1. The van der Waals surface area contributed by atoms with E-state index < -0.39 is 39.3 Å². The minimum Gasteiger partial charge on any atom is -0.383 e. The van der Waals surface area contributed by atoms with Gasteiger partial charge in [0.2, 0.25) is 0 Å². The van der Waals surface area contributed by atoms with Crippen molar-refractivity contribution in [2.24, 2.45) is 0 Å². The third-order valence-electron chi connectivity index (χ3n) is 6.87. The third-order valence-corrected chi connectivity index (χ3v) is 8.28. The second kappa shape index (κ2) is 10.2. The first-order valence-electron chi connectivity index (χ1n) is 12.1. The molecule has 1 unspecified atom stereocenters. The zero-order valence-electron chi connectivity index (χ0n) is 20.5. The number of sulfonamides is 1. The van der Waals surface area contributed by atoms with Gasteiger partial charge >= 0.3 is 6.18 Å². The van der Waals surface area contributed by atoms with Gasteiger partial charge in [-0.2, -0.15) is 13.2 Å². The lowest BCUT2D eigenvalue weighted by atomic mass is 9.85. The number of benzene rings is 2. The van der Waals surface area contributed by atoms with Gasteiger partial charge in [0.05, 0.1) is 16.8 Å². The molecule has 2 aromatic carbocycles. The minimum absolute atomic E-state index is 0.0344. The molecular weight excluding hydrogens is 533 g/mol. The van der Waals surface area contributed by atoms with Crippen LogP contribution < -0.4 is 4.72 Å². The molecule has 0 bridgehead atoms. The number of fused-ring (bicyclic) bond motifs is 1. The van der Waals surface area contributed by atoms with Crippen molar-refractivity contribution in [3.63, 3.8) is 0 Å². The van der Waals surface area contributed by atoms with Gasteiger partial charge in [-0.3, -0.25) is 19.6 Å². The van der Waals surface area contributed by atoms with Crippen molar-refractivity contribution in [2.45, 2.75) is 35.7 Å². The lowest BCUT2D eigenvalue weighted by molar-refractivity contribution is -0.143. The average Bonchev–Trinajstić information content (AvgIpc) is 2.92. The highest BCUT2D eigenvalue weighted by molar-refractivity contribution is 7.93. The van der Waals surface area contributed by atoms with Crippen LogP contribution in [0.25, 0.3) is 10.9 Å². The van der Waals surface area contributed by atoms with E-state index in [1.807, 2.05) is 0 Å². The van der Waals surface area contributed by atoms with E-state index in [4.69, 9.17) is 0 Å². The Morgan fingerprint density at radius 3 is 2.26 bits per heavy atom. The number of nitrogens with one attached hydrogen (secondary N) is 1. The van der Waals surface area contributed by atoms with E-state index in [1.165, 1.54) is 36.7 Å². The Balaban J connectivity index is 1.27. The van der Waals surface area contributed by atoms with Crippen molar-refractivity contribution in [2.75, 3.05) is 17.8 Å². The molecule has 3 N–H and O–H groups in total. The van der Waals surface area contributed by atoms with Gasteiger partial charge in [0.1, 0.15) is 16.7 Å². The Morgan fingerprint density at radius 1 is 0.923 bits per heavy atom. The van der Waals surface area contributed by atoms with Crippen LogP contribution in [0.4, 0.5) is 18.9 Å². The van der Waals surface area contributed by atoms with E-state index in [2.05, 4.69) is 14.7 Å². The topological polar surface area (TPSA) is 116 Å². The van der Waals surface area contributed by atoms with Crippen molar-refractivity contribution in [1.29, 1.82) is 0 Å². The normalized spacial score (nSPS) is 17.2. The molecule has 0 saturated carbocycles. The summed E-state index contributed by atoms with van der Waals surface area (Å²) in [6.07, 6.45) is -3.12. The van der Waals surface area contributed by atoms with Crippen molar-refractivity contribution in [1.82, 2.24) is 14.9 Å². The van der Waals surface area contributed by atoms with E-state index in [1.54, 1.807) is 41.3 Å². The maximum absolute atomic E-state index is 13.5. The molecule has 1 aliphatic heterocycles. The molecule has 3 heterocycles. The van der Waals surface area contributed by atoms with Gasteiger partial charge in [-0.25, -0.2) is 8.42 Å². The highest BCUT2D eigenvalue weighted by Gasteiger charge is 2.44. The zero-order valence-corrected chi connectivity index (χ0v) is 21.3. The second-order valence-corrected chi connectivity index (χ2v) is 11.0. The number of aliphatic hydroxyl groups excluding tert-OH is 1. The van der Waals surface area contributed by atoms with Gasteiger partial charge in [0, 0.05) is 36.6 Å². The smallest absolute Gasteiger partial charge is 0.383 e. The van der Waals surface area contributed by atoms with Gasteiger partial charge < -0.3 is 10.2 Å². The number of aliphatic hydroxyl groups is 2. The van der Waals surface area contributed by atoms with Gasteiger partial charge in [-0.15, -0.1) is 0 Å². The standard InChI is InChI=1S/C27H25F3N4O4S/c28-27(29,30)21-6-3-15-32-24(21)26(36)12-16-34(17-13-26)25(35)19-8-10-20(11-9-19)33-39(37,38)22-7-1-4-18-5-2-14-31-23(18)22/h1-11,14-15,25,33,35-36H,12-13,16-17H2. The fraction of sp³-hybridized carbons (Fsp3) is 0.259. The Morgan fingerprint density at radius 2 is 1.56 bits per heavy atom. The van der Waals surface area contributed by atoms with E-state index in [0.29, 0.717) is 16.5 Å². The Hall–Kier alpha value is -3.58. The molecule has 0 spiro atoms. The van der Waals surface area contributed by atoms with E-state index >= 15 is 0 Å². The molecule has 1 aliphatic rings. The highest BCUT2D eigenvalue weighted by atomic mass is 32.2. The molecule has 204 valence electrons. The Bertz CT molecular complexity index is 1580. The average molecular weight is 559 g/mol. The van der Waals surface area contributed by atoms with E-state index in [9.17, 15) is 31.8 Å². The molecule has 4 aromatic rings. The first-order chi connectivity index (χ1) is 18.5. The number of aromatic nitrogens is 2. The van der Waals surface area contributed by atoms with E-state index in [-0.39, 0.29) is 36.5 Å². The molecular formula is C27H25F3N4O4S. The first-order valence-corrected chi connectivity index (χ1v) is 13.6. The summed E-state index contributed by atoms with van der Waals surface area (Å²) in [7, 11) is -3.95. The van der Waals surface area contributed by atoms with E-state index in [0.717, 1.165) is 6.07 Å². The number of piperidine rings is 1. The molecule has 1 saturated heterocycles. The van der Waals surface area contributed by atoms with Crippen LogP contribution in [0.2, 0.25) is 0 Å². The zero-order chi connectivity index (χ0) is 27.8. The summed E-state index contributed by atoms with van der Waals surface area (Å²) in [5.41, 5.74) is -2.08. The largest absolute Gasteiger partial charge is 0.418 e. The van der Waals surface area contributed by atoms with Gasteiger partial charge in [0.25, 0.3) is 10.0 Å². The Labute approximate surface area is 222 Å². The summed E-state index contributed by atoms with van der Waals surface area (Å²) in [4.78, 5) is 9.69. The van der Waals surface area contributed by atoms with Crippen LogP contribution in [-0.2, 0) is 21.8 Å². The molecule has 1 fully saturated rings. The van der Waals surface area contributed by atoms with Crippen molar-refractivity contribution in [3.8, 4) is 0 Å². The number of likely N-dealkylation sites (tertiary alicyclic amines) is 1. The molecule has 0 radical (unpaired) electrons. The number of alkyl halides is 3. The van der Waals surface area contributed by atoms with Crippen LogP contribution in [0, 0.1) is 0 Å². The predicted octanol–water partition coefficient (Wildman–Crippen LogP) is 4.42. The summed E-state index contributed by atoms with van der Waals surface area (Å²) >= 11 is 0. The van der Waals surface area contributed by atoms with Gasteiger partial charge in [-0.1, -0.05) is 30.3 Å². The summed E-state index contributed by atoms with van der Waals surface area (Å²) in [5, 5.41) is 22.6. The lowest BCUT2D eigenvalue weighted by Gasteiger charge is -2.40. The SMILES string of the molecule is O=S(=O)(Nc1ccc(C(O)N2CCC(O)(c3ncccc3C(F)(F)F)CC2)cc1)c1cccc2cccnc12. The first kappa shape index (κ1) is 27.0. The maximum Gasteiger partial charge on any atom is 0.418 e. The fourth-order valence-electron chi connectivity index (χ4n) is 4.82. The fourth-order valence-corrected chi connectivity index (χ4v) is 6.06. The summed E-state index contributed by atoms with van der Waals surface area (Å²) in [5.74, 6) is 0. The molecule has 1 atom stereocenters. The van der Waals surface area contributed by atoms with Gasteiger partial charge in [0.15, 0.2) is 0 Å². The quantitative estimate of drug-likeness (QED) is 0.321. The molecule has 0 amide bonds. The third kappa shape index (κ3) is 5.46. The molecule has 5 rings (SSSR count). The van der Waals surface area contributed by atoms with Crippen LogP contribution in [0.3, 0.4) is 0 Å². The summed E-state index contributed by atoms with van der Waals surface area (Å²) in [6.45, 7) is 0.238. The number of para-hydroxylation sites is 1. The molecule has 8 nitrogen and oxygen atoms in total. The van der Waals surface area contributed by atoms with Crippen LogP contribution in [0.5, 0.6) is 0 Å². The molecule has 12 heteroatoms. The molecule has 39 heavy (non-hydrogen) atoms. The van der Waals surface area contributed by atoms with Crippen LogP contribution in [0.1, 0.15) is 35.9 Å². The predicted molar refractivity (Wildman–Crippen MR) is 138 cm³/mol. The van der Waals surface area contributed by atoms with Gasteiger partial charge in [-0.05, 0) is 54.8 Å². The monoisotopic (exact) mass is 558 g/mol. The molecule has 0 aliphatic carbocycles. The van der Waals surface area contributed by atoms with Crippen molar-refractivity contribution < 1.29 is 31.8 Å². The number of halogens is 3. The van der Waals surface area contributed by atoms with Crippen LogP contribution in [-0.4, -0.2) is 46.6 Å². The lowest BCUT2D eigenvalue weighted by Crippen LogP contribution is -2.45. The number of hydrogen-bond donors (Lipinski definition) is 3. The summed E-state index contributed by atoms with van der Waals surface area (Å²) < 4.78 is 69.0. The second-order valence-electron chi connectivity index (χ2n) is 9.40. The minimum atomic E-state index is -4.65. The van der Waals surface area contributed by atoms with Crippen LogP contribution >= 0.6 is 0 Å².